The first-order valence-corrected chi connectivity index (χ1v) is 9.51. The number of rotatable bonds is 10. The molecule has 0 aromatic heterocycles. The lowest BCUT2D eigenvalue weighted by molar-refractivity contribution is 0.0955. The summed E-state index contributed by atoms with van der Waals surface area (Å²) in [6, 6.07) is 12.4. The Morgan fingerprint density at radius 3 is 2.67 bits per heavy atom. The molecule has 0 aliphatic heterocycles. The minimum Gasteiger partial charge on any atom is -0.490 e. The highest BCUT2D eigenvalue weighted by Crippen LogP contribution is 2.28. The van der Waals surface area contributed by atoms with Gasteiger partial charge in [-0.05, 0) is 49.2 Å². The summed E-state index contributed by atoms with van der Waals surface area (Å²) in [7, 11) is 0. The molecule has 1 N–H and O–H groups in total. The van der Waals surface area contributed by atoms with Gasteiger partial charge in [-0.3, -0.25) is 4.79 Å². The molecule has 0 aliphatic carbocycles. The van der Waals surface area contributed by atoms with E-state index in [1.54, 1.807) is 30.5 Å². The monoisotopic (exact) mass is 388 g/mol. The highest BCUT2D eigenvalue weighted by molar-refractivity contribution is 6.33. The van der Waals surface area contributed by atoms with Crippen molar-refractivity contribution in [3.63, 3.8) is 0 Å². The summed E-state index contributed by atoms with van der Waals surface area (Å²) >= 11 is 6.01. The number of amides is 1. The van der Waals surface area contributed by atoms with Crippen LogP contribution in [-0.4, -0.2) is 25.3 Å². The van der Waals surface area contributed by atoms with E-state index < -0.39 is 0 Å². The molecule has 6 heteroatoms. The molecule has 0 fully saturated rings. The van der Waals surface area contributed by atoms with E-state index in [-0.39, 0.29) is 5.91 Å². The fourth-order valence-corrected chi connectivity index (χ4v) is 2.62. The Bertz CT molecular complexity index is 778. The summed E-state index contributed by atoms with van der Waals surface area (Å²) in [5.74, 6) is 1.01. The van der Waals surface area contributed by atoms with Crippen molar-refractivity contribution in [2.45, 2.75) is 33.1 Å². The summed E-state index contributed by atoms with van der Waals surface area (Å²) in [5.41, 5.74) is 3.64. The van der Waals surface area contributed by atoms with Crippen LogP contribution in [0.5, 0.6) is 11.5 Å². The molecule has 0 spiro atoms. The van der Waals surface area contributed by atoms with Crippen LogP contribution in [0, 0.1) is 0 Å². The largest absolute Gasteiger partial charge is 0.490 e. The summed E-state index contributed by atoms with van der Waals surface area (Å²) in [6.07, 6.45) is 4.86. The molecule has 0 atom stereocenters. The zero-order valence-corrected chi connectivity index (χ0v) is 16.5. The Labute approximate surface area is 165 Å². The van der Waals surface area contributed by atoms with Crippen molar-refractivity contribution in [3.8, 4) is 11.5 Å². The van der Waals surface area contributed by atoms with Gasteiger partial charge in [-0.1, -0.05) is 43.5 Å². The Morgan fingerprint density at radius 2 is 1.93 bits per heavy atom. The normalized spacial score (nSPS) is 10.8. The number of hydrogen-bond donors (Lipinski definition) is 1. The Kier molecular flexibility index (Phi) is 8.65. The van der Waals surface area contributed by atoms with E-state index in [1.807, 2.05) is 25.1 Å². The second kappa shape index (κ2) is 11.2. The Morgan fingerprint density at radius 1 is 1.11 bits per heavy atom. The summed E-state index contributed by atoms with van der Waals surface area (Å²) in [6.45, 7) is 5.28. The highest BCUT2D eigenvalue weighted by atomic mass is 35.5. The molecule has 2 aromatic rings. The molecule has 5 nitrogen and oxygen atoms in total. The van der Waals surface area contributed by atoms with Crippen molar-refractivity contribution in [1.82, 2.24) is 5.43 Å². The number of carbonyl (C=O) groups is 1. The number of nitrogens with one attached hydrogen (secondary N) is 1. The zero-order valence-electron chi connectivity index (χ0n) is 15.7. The van der Waals surface area contributed by atoms with Crippen LogP contribution in [0.4, 0.5) is 0 Å². The molecule has 2 aromatic carbocycles. The number of unbranched alkanes of at least 4 members (excludes halogenated alkanes) is 2. The van der Waals surface area contributed by atoms with Crippen LogP contribution in [0.15, 0.2) is 47.6 Å². The van der Waals surface area contributed by atoms with Gasteiger partial charge in [-0.2, -0.15) is 5.10 Å². The van der Waals surface area contributed by atoms with Gasteiger partial charge in [0.25, 0.3) is 5.91 Å². The number of carbonyl (C=O) groups excluding carboxylic acids is 1. The van der Waals surface area contributed by atoms with Gasteiger partial charge in [0, 0.05) is 0 Å². The Hall–Kier alpha value is -2.53. The lowest BCUT2D eigenvalue weighted by Crippen LogP contribution is -2.17. The van der Waals surface area contributed by atoms with Gasteiger partial charge in [0.2, 0.25) is 0 Å². The fraction of sp³-hybridized carbons (Fsp3) is 0.333. The number of ether oxygens (including phenoxy) is 2. The van der Waals surface area contributed by atoms with Crippen molar-refractivity contribution in [2.24, 2.45) is 5.10 Å². The first-order valence-electron chi connectivity index (χ1n) is 9.13. The molecule has 0 heterocycles. The number of benzene rings is 2. The lowest BCUT2D eigenvalue weighted by Gasteiger charge is -2.12. The molecule has 1 amide bonds. The number of halogens is 1. The van der Waals surface area contributed by atoms with E-state index in [9.17, 15) is 4.79 Å². The maximum absolute atomic E-state index is 12.1. The lowest BCUT2D eigenvalue weighted by atomic mass is 10.2. The van der Waals surface area contributed by atoms with E-state index in [0.717, 1.165) is 24.8 Å². The number of hydrogen-bond acceptors (Lipinski definition) is 4. The van der Waals surface area contributed by atoms with E-state index in [4.69, 9.17) is 21.1 Å². The second-order valence-corrected chi connectivity index (χ2v) is 6.28. The van der Waals surface area contributed by atoms with Gasteiger partial charge in [-0.15, -0.1) is 0 Å². The van der Waals surface area contributed by atoms with Crippen molar-refractivity contribution < 1.29 is 14.3 Å². The quantitative estimate of drug-likeness (QED) is 0.351. The Balaban J connectivity index is 2.00. The number of hydrazone groups is 1. The third-order valence-corrected chi connectivity index (χ3v) is 4.10. The topological polar surface area (TPSA) is 59.9 Å². The highest BCUT2D eigenvalue weighted by Gasteiger charge is 2.08. The zero-order chi connectivity index (χ0) is 19.5. The average Bonchev–Trinajstić information content (AvgIpc) is 2.67. The summed E-state index contributed by atoms with van der Waals surface area (Å²) in [5, 5.41) is 4.38. The molecular formula is C21H25ClN2O3. The molecule has 0 bridgehead atoms. The predicted molar refractivity (Wildman–Crippen MR) is 109 cm³/mol. The van der Waals surface area contributed by atoms with Gasteiger partial charge >= 0.3 is 0 Å². The van der Waals surface area contributed by atoms with Gasteiger partial charge in [0.1, 0.15) is 0 Å². The smallest absolute Gasteiger partial charge is 0.272 e. The first kappa shape index (κ1) is 20.8. The van der Waals surface area contributed by atoms with Crippen LogP contribution in [0.3, 0.4) is 0 Å². The predicted octanol–water partition coefficient (Wildman–Crippen LogP) is 5.07. The van der Waals surface area contributed by atoms with Crippen LogP contribution in [-0.2, 0) is 0 Å². The second-order valence-electron chi connectivity index (χ2n) is 5.87. The van der Waals surface area contributed by atoms with Gasteiger partial charge in [0.05, 0.1) is 30.0 Å². The molecule has 0 aliphatic rings. The average molecular weight is 389 g/mol. The maximum Gasteiger partial charge on any atom is 0.272 e. The van der Waals surface area contributed by atoms with E-state index >= 15 is 0 Å². The molecular weight excluding hydrogens is 364 g/mol. The van der Waals surface area contributed by atoms with Crippen molar-refractivity contribution >= 4 is 23.7 Å². The molecule has 0 radical (unpaired) electrons. The molecule has 0 saturated heterocycles. The van der Waals surface area contributed by atoms with Gasteiger partial charge in [-0.25, -0.2) is 5.43 Å². The van der Waals surface area contributed by atoms with E-state index in [1.165, 1.54) is 0 Å². The fourth-order valence-electron chi connectivity index (χ4n) is 2.40. The minimum atomic E-state index is -0.363. The van der Waals surface area contributed by atoms with Crippen LogP contribution in [0.2, 0.25) is 5.02 Å². The van der Waals surface area contributed by atoms with Crippen LogP contribution < -0.4 is 14.9 Å². The first-order chi connectivity index (χ1) is 13.2. The van der Waals surface area contributed by atoms with Crippen molar-refractivity contribution in [3.05, 3.63) is 58.6 Å². The van der Waals surface area contributed by atoms with Crippen LogP contribution in [0.25, 0.3) is 0 Å². The minimum absolute atomic E-state index is 0.363. The van der Waals surface area contributed by atoms with Crippen molar-refractivity contribution in [1.29, 1.82) is 0 Å². The maximum atomic E-state index is 12.1. The SMILES string of the molecule is CCCCCOc1ccc(/C=N\NC(=O)c2ccccc2Cl)cc1OCC. The van der Waals surface area contributed by atoms with Crippen LogP contribution in [0.1, 0.15) is 49.0 Å². The third-order valence-electron chi connectivity index (χ3n) is 3.77. The molecule has 0 unspecified atom stereocenters. The third kappa shape index (κ3) is 6.61. The molecule has 144 valence electrons. The van der Waals surface area contributed by atoms with Gasteiger partial charge in [0.15, 0.2) is 11.5 Å². The van der Waals surface area contributed by atoms with E-state index in [0.29, 0.717) is 35.3 Å². The standard InChI is InChI=1S/C21H25ClN2O3/c1-3-5-8-13-27-19-12-11-16(14-20(19)26-4-2)15-23-24-21(25)17-9-6-7-10-18(17)22/h6-7,9-12,14-15H,3-5,8,13H2,1-2H3,(H,24,25)/b23-15-. The molecule has 0 saturated carbocycles. The summed E-state index contributed by atoms with van der Waals surface area (Å²) < 4.78 is 11.5. The molecule has 27 heavy (non-hydrogen) atoms. The van der Waals surface area contributed by atoms with Crippen LogP contribution >= 0.6 is 11.6 Å². The number of nitrogens with zero attached hydrogens (tertiary/aromatic N) is 1. The van der Waals surface area contributed by atoms with Crippen molar-refractivity contribution in [2.75, 3.05) is 13.2 Å². The summed E-state index contributed by atoms with van der Waals surface area (Å²) in [4.78, 5) is 12.1. The van der Waals surface area contributed by atoms with Gasteiger partial charge < -0.3 is 9.47 Å². The molecule has 2 rings (SSSR count). The van der Waals surface area contributed by atoms with E-state index in [2.05, 4.69) is 17.5 Å².